The topological polar surface area (TPSA) is 33.7 Å². The lowest BCUT2D eigenvalue weighted by Crippen LogP contribution is -2.31. The van der Waals surface area contributed by atoms with Crippen LogP contribution in [0.5, 0.6) is 11.5 Å². The third-order valence-electron chi connectivity index (χ3n) is 3.86. The molecule has 1 fully saturated rings. The van der Waals surface area contributed by atoms with E-state index in [4.69, 9.17) is 9.47 Å². The van der Waals surface area contributed by atoms with E-state index < -0.39 is 0 Å². The number of anilines is 1. The lowest BCUT2D eigenvalue weighted by Gasteiger charge is -2.22. The average Bonchev–Trinajstić information content (AvgIpc) is 2.87. The van der Waals surface area contributed by atoms with E-state index in [1.54, 1.807) is 0 Å². The number of benzene rings is 1. The first-order chi connectivity index (χ1) is 9.22. The van der Waals surface area contributed by atoms with Crippen molar-refractivity contribution in [3.05, 3.63) is 18.2 Å². The molecule has 1 unspecified atom stereocenters. The van der Waals surface area contributed by atoms with Crippen molar-refractivity contribution < 1.29 is 9.47 Å². The van der Waals surface area contributed by atoms with Gasteiger partial charge < -0.3 is 14.8 Å². The van der Waals surface area contributed by atoms with E-state index in [9.17, 15) is 0 Å². The Morgan fingerprint density at radius 2 is 2.00 bits per heavy atom. The molecule has 1 atom stereocenters. The molecule has 1 aromatic rings. The van der Waals surface area contributed by atoms with Gasteiger partial charge in [0.05, 0.1) is 0 Å². The van der Waals surface area contributed by atoms with E-state index in [0.717, 1.165) is 23.7 Å². The molecule has 4 heteroatoms. The van der Waals surface area contributed by atoms with Crippen LogP contribution >= 0.6 is 0 Å². The van der Waals surface area contributed by atoms with Crippen molar-refractivity contribution in [3.8, 4) is 11.5 Å². The smallest absolute Gasteiger partial charge is 0.163 e. The second kappa shape index (κ2) is 5.29. The molecule has 0 radical (unpaired) electrons. The van der Waals surface area contributed by atoms with Gasteiger partial charge in [0.25, 0.3) is 0 Å². The largest absolute Gasteiger partial charge is 0.486 e. The Hall–Kier alpha value is -1.42. The van der Waals surface area contributed by atoms with Crippen LogP contribution in [0.1, 0.15) is 20.3 Å². The minimum atomic E-state index is 0.532. The van der Waals surface area contributed by atoms with Crippen LogP contribution in [0.15, 0.2) is 18.2 Å². The Kier molecular flexibility index (Phi) is 3.51. The fraction of sp³-hybridized carbons (Fsp3) is 0.600. The maximum absolute atomic E-state index is 5.61. The SMILES string of the molecule is CC(C)N1CCC(Nc2ccc3c(c2)OCCO3)C1. The highest BCUT2D eigenvalue weighted by atomic mass is 16.6. The van der Waals surface area contributed by atoms with Gasteiger partial charge in [0.1, 0.15) is 13.2 Å². The molecule has 0 spiro atoms. The summed E-state index contributed by atoms with van der Waals surface area (Å²) in [5.74, 6) is 1.71. The fourth-order valence-electron chi connectivity index (χ4n) is 2.74. The van der Waals surface area contributed by atoms with Crippen LogP contribution in [0, 0.1) is 0 Å². The Morgan fingerprint density at radius 1 is 1.21 bits per heavy atom. The van der Waals surface area contributed by atoms with Gasteiger partial charge >= 0.3 is 0 Å². The Bertz CT molecular complexity index is 448. The summed E-state index contributed by atoms with van der Waals surface area (Å²) in [6.45, 7) is 8.09. The minimum Gasteiger partial charge on any atom is -0.486 e. The molecule has 104 valence electrons. The van der Waals surface area contributed by atoms with Gasteiger partial charge in [-0.25, -0.2) is 0 Å². The average molecular weight is 262 g/mol. The summed E-state index contributed by atoms with van der Waals surface area (Å²) in [5, 5.41) is 3.60. The molecule has 0 bridgehead atoms. The van der Waals surface area contributed by atoms with Gasteiger partial charge in [0.15, 0.2) is 11.5 Å². The molecule has 1 saturated heterocycles. The molecule has 1 aromatic carbocycles. The summed E-state index contributed by atoms with van der Waals surface area (Å²) in [7, 11) is 0. The highest BCUT2D eigenvalue weighted by molar-refractivity contribution is 5.55. The molecule has 2 aliphatic heterocycles. The number of fused-ring (bicyclic) bond motifs is 1. The molecule has 0 aromatic heterocycles. The molecule has 19 heavy (non-hydrogen) atoms. The Morgan fingerprint density at radius 3 is 2.74 bits per heavy atom. The Balaban J connectivity index is 1.64. The molecular formula is C15H22N2O2. The molecule has 4 nitrogen and oxygen atoms in total. The first-order valence-corrected chi connectivity index (χ1v) is 7.12. The van der Waals surface area contributed by atoms with Crippen LogP contribution in [-0.2, 0) is 0 Å². The zero-order chi connectivity index (χ0) is 13.2. The molecule has 2 heterocycles. The predicted octanol–water partition coefficient (Wildman–Crippen LogP) is 2.35. The maximum atomic E-state index is 5.61. The first-order valence-electron chi connectivity index (χ1n) is 7.12. The zero-order valence-electron chi connectivity index (χ0n) is 11.7. The fourth-order valence-corrected chi connectivity index (χ4v) is 2.74. The normalized spacial score (nSPS) is 22.8. The molecular weight excluding hydrogens is 240 g/mol. The minimum absolute atomic E-state index is 0.532. The zero-order valence-corrected chi connectivity index (χ0v) is 11.7. The Labute approximate surface area is 114 Å². The van der Waals surface area contributed by atoms with Crippen LogP contribution in [0.3, 0.4) is 0 Å². The molecule has 0 amide bonds. The van der Waals surface area contributed by atoms with Crippen LogP contribution in [0.25, 0.3) is 0 Å². The summed E-state index contributed by atoms with van der Waals surface area (Å²) >= 11 is 0. The van der Waals surface area contributed by atoms with Crippen molar-refractivity contribution in [1.82, 2.24) is 4.90 Å². The number of ether oxygens (including phenoxy) is 2. The van der Waals surface area contributed by atoms with Gasteiger partial charge in [-0.15, -0.1) is 0 Å². The van der Waals surface area contributed by atoms with E-state index in [2.05, 4.69) is 30.1 Å². The van der Waals surface area contributed by atoms with Crippen molar-refractivity contribution in [3.63, 3.8) is 0 Å². The van der Waals surface area contributed by atoms with E-state index in [1.807, 2.05) is 12.1 Å². The van der Waals surface area contributed by atoms with Gasteiger partial charge in [0, 0.05) is 36.9 Å². The lowest BCUT2D eigenvalue weighted by atomic mass is 10.2. The summed E-state index contributed by atoms with van der Waals surface area (Å²) in [5.41, 5.74) is 1.12. The van der Waals surface area contributed by atoms with E-state index in [1.165, 1.54) is 13.0 Å². The summed E-state index contributed by atoms with van der Waals surface area (Å²) in [4.78, 5) is 2.51. The van der Waals surface area contributed by atoms with Crippen molar-refractivity contribution >= 4 is 5.69 Å². The van der Waals surface area contributed by atoms with Crippen LogP contribution in [0.4, 0.5) is 5.69 Å². The number of nitrogens with one attached hydrogen (secondary N) is 1. The molecule has 0 saturated carbocycles. The molecule has 2 aliphatic rings. The van der Waals surface area contributed by atoms with Gasteiger partial charge in [-0.2, -0.15) is 0 Å². The number of rotatable bonds is 3. The molecule has 3 rings (SSSR count). The van der Waals surface area contributed by atoms with Gasteiger partial charge in [-0.05, 0) is 32.4 Å². The predicted molar refractivity (Wildman–Crippen MR) is 76.2 cm³/mol. The summed E-state index contributed by atoms with van der Waals surface area (Å²) in [6.07, 6.45) is 1.20. The second-order valence-corrected chi connectivity index (χ2v) is 5.58. The number of nitrogens with zero attached hydrogens (tertiary/aromatic N) is 1. The second-order valence-electron chi connectivity index (χ2n) is 5.58. The van der Waals surface area contributed by atoms with E-state index in [-0.39, 0.29) is 0 Å². The lowest BCUT2D eigenvalue weighted by molar-refractivity contribution is 0.171. The number of likely N-dealkylation sites (tertiary alicyclic amines) is 1. The first kappa shape index (κ1) is 12.6. The quantitative estimate of drug-likeness (QED) is 0.906. The molecule has 0 aliphatic carbocycles. The third kappa shape index (κ3) is 2.78. The van der Waals surface area contributed by atoms with Crippen molar-refractivity contribution in [1.29, 1.82) is 0 Å². The standard InChI is InChI=1S/C15H22N2O2/c1-11(2)17-6-5-13(10-17)16-12-3-4-14-15(9-12)19-8-7-18-14/h3-4,9,11,13,16H,5-8,10H2,1-2H3. The number of hydrogen-bond donors (Lipinski definition) is 1. The third-order valence-corrected chi connectivity index (χ3v) is 3.86. The van der Waals surface area contributed by atoms with Crippen LogP contribution in [0.2, 0.25) is 0 Å². The number of hydrogen-bond acceptors (Lipinski definition) is 4. The van der Waals surface area contributed by atoms with Crippen LogP contribution < -0.4 is 14.8 Å². The molecule has 1 N–H and O–H groups in total. The summed E-state index contributed by atoms with van der Waals surface area (Å²) < 4.78 is 11.1. The highest BCUT2D eigenvalue weighted by Crippen LogP contribution is 2.33. The van der Waals surface area contributed by atoms with Gasteiger partial charge in [-0.1, -0.05) is 0 Å². The monoisotopic (exact) mass is 262 g/mol. The van der Waals surface area contributed by atoms with E-state index in [0.29, 0.717) is 25.3 Å². The van der Waals surface area contributed by atoms with Gasteiger partial charge in [-0.3, -0.25) is 4.90 Å². The van der Waals surface area contributed by atoms with Gasteiger partial charge in [0.2, 0.25) is 0 Å². The highest BCUT2D eigenvalue weighted by Gasteiger charge is 2.24. The van der Waals surface area contributed by atoms with E-state index >= 15 is 0 Å². The van der Waals surface area contributed by atoms with Crippen molar-refractivity contribution in [2.24, 2.45) is 0 Å². The summed E-state index contributed by atoms with van der Waals surface area (Å²) in [6, 6.07) is 7.28. The van der Waals surface area contributed by atoms with Crippen molar-refractivity contribution in [2.45, 2.75) is 32.4 Å². The van der Waals surface area contributed by atoms with Crippen molar-refractivity contribution in [2.75, 3.05) is 31.6 Å². The maximum Gasteiger partial charge on any atom is 0.163 e. The van der Waals surface area contributed by atoms with Crippen LogP contribution in [-0.4, -0.2) is 43.3 Å².